The van der Waals surface area contributed by atoms with E-state index in [2.05, 4.69) is 4.98 Å². The third-order valence-electron chi connectivity index (χ3n) is 1.86. The normalized spacial score (nSPS) is 12.9. The van der Waals surface area contributed by atoms with Crippen molar-refractivity contribution in [3.8, 4) is 0 Å². The molecule has 2 aromatic rings. The molecule has 1 atom stereocenters. The minimum atomic E-state index is -1.08. The van der Waals surface area contributed by atoms with E-state index in [0.717, 1.165) is 9.77 Å². The van der Waals surface area contributed by atoms with E-state index in [-0.39, 0.29) is 0 Å². The lowest BCUT2D eigenvalue weighted by Crippen LogP contribution is -1.94. The van der Waals surface area contributed by atoms with Crippen molar-refractivity contribution in [3.05, 3.63) is 33.6 Å². The predicted molar refractivity (Wildman–Crippen MR) is 60.7 cm³/mol. The molecule has 2 aromatic heterocycles. The molecule has 0 amide bonds. The Morgan fingerprint density at radius 2 is 2.47 bits per heavy atom. The molecular weight excluding hydrogens is 254 g/mol. The van der Waals surface area contributed by atoms with Crippen LogP contribution in [0.2, 0.25) is 4.47 Å². The lowest BCUT2D eigenvalue weighted by atomic mass is 10.5. The van der Waals surface area contributed by atoms with E-state index in [9.17, 15) is 4.21 Å². The van der Waals surface area contributed by atoms with Crippen LogP contribution in [0.4, 0.5) is 0 Å². The lowest BCUT2D eigenvalue weighted by Gasteiger charge is -1.96. The first kappa shape index (κ1) is 10.9. The summed E-state index contributed by atoms with van der Waals surface area (Å²) >= 11 is 7.04. The minimum Gasteiger partial charge on any atom is -0.468 e. The van der Waals surface area contributed by atoms with E-state index in [1.807, 2.05) is 0 Å². The van der Waals surface area contributed by atoms with Crippen LogP contribution in [0.5, 0.6) is 0 Å². The Labute approximate surface area is 98.6 Å². The number of hydrogen-bond donors (Lipinski definition) is 0. The zero-order valence-corrected chi connectivity index (χ0v) is 10.3. The molecule has 15 heavy (non-hydrogen) atoms. The molecule has 0 N–H and O–H groups in total. The summed E-state index contributed by atoms with van der Waals surface area (Å²) in [5.41, 5.74) is 0. The highest BCUT2D eigenvalue weighted by molar-refractivity contribution is 7.84. The second-order valence-electron chi connectivity index (χ2n) is 2.91. The van der Waals surface area contributed by atoms with Crippen molar-refractivity contribution in [3.63, 3.8) is 0 Å². The summed E-state index contributed by atoms with van der Waals surface area (Å²) in [4.78, 5) is 5.55. The molecule has 2 heterocycles. The molecule has 0 spiro atoms. The summed E-state index contributed by atoms with van der Waals surface area (Å²) in [6, 6.07) is 1.73. The molecule has 0 saturated heterocycles. The predicted octanol–water partition coefficient (Wildman–Crippen LogP) is 3.01. The van der Waals surface area contributed by atoms with Gasteiger partial charge >= 0.3 is 0 Å². The van der Waals surface area contributed by atoms with E-state index < -0.39 is 10.8 Å². The van der Waals surface area contributed by atoms with Crippen LogP contribution in [0.1, 0.15) is 10.6 Å². The average molecular weight is 262 g/mol. The van der Waals surface area contributed by atoms with Crippen LogP contribution in [0.25, 0.3) is 0 Å². The Bertz CT molecular complexity index is 492. The van der Waals surface area contributed by atoms with Gasteiger partial charge in [-0.2, -0.15) is 0 Å². The van der Waals surface area contributed by atoms with E-state index in [1.165, 1.54) is 11.3 Å². The molecule has 0 aliphatic heterocycles. The quantitative estimate of drug-likeness (QED) is 0.853. The molecule has 0 fully saturated rings. The van der Waals surface area contributed by atoms with Gasteiger partial charge in [0.2, 0.25) is 0 Å². The monoisotopic (exact) mass is 261 g/mol. The number of furan rings is 1. The van der Waals surface area contributed by atoms with Gasteiger partial charge in [-0.3, -0.25) is 4.21 Å². The second-order valence-corrected chi connectivity index (χ2v) is 6.03. The maximum absolute atomic E-state index is 11.9. The smallest absolute Gasteiger partial charge is 0.183 e. The van der Waals surface area contributed by atoms with Gasteiger partial charge in [-0.05, 0) is 13.0 Å². The lowest BCUT2D eigenvalue weighted by molar-refractivity contribution is 0.526. The molecule has 6 heteroatoms. The molecule has 0 aromatic carbocycles. The number of rotatable bonds is 3. The highest BCUT2D eigenvalue weighted by Crippen LogP contribution is 2.22. The molecule has 0 aliphatic rings. The van der Waals surface area contributed by atoms with Crippen molar-refractivity contribution in [2.24, 2.45) is 0 Å². The summed E-state index contributed by atoms with van der Waals surface area (Å²) in [6.07, 6.45) is 3.20. The molecule has 2 rings (SSSR count). The molecule has 0 saturated carbocycles. The van der Waals surface area contributed by atoms with Crippen LogP contribution in [-0.4, -0.2) is 9.19 Å². The van der Waals surface area contributed by atoms with Crippen LogP contribution >= 0.6 is 22.9 Å². The molecule has 3 nitrogen and oxygen atoms in total. The van der Waals surface area contributed by atoms with Gasteiger partial charge in [0.25, 0.3) is 0 Å². The van der Waals surface area contributed by atoms with Gasteiger partial charge < -0.3 is 4.42 Å². The van der Waals surface area contributed by atoms with Crippen molar-refractivity contribution in [1.29, 1.82) is 0 Å². The molecule has 80 valence electrons. The van der Waals surface area contributed by atoms with E-state index in [4.69, 9.17) is 16.0 Å². The van der Waals surface area contributed by atoms with Gasteiger partial charge in [0.05, 0.1) is 27.7 Å². The van der Waals surface area contributed by atoms with Gasteiger partial charge in [-0.25, -0.2) is 4.98 Å². The molecule has 0 radical (unpaired) electrons. The highest BCUT2D eigenvalue weighted by atomic mass is 35.5. The Hall–Kier alpha value is -0.650. The average Bonchev–Trinajstić information content (AvgIpc) is 2.75. The number of aromatic nitrogens is 1. The van der Waals surface area contributed by atoms with Crippen molar-refractivity contribution < 1.29 is 8.63 Å². The van der Waals surface area contributed by atoms with Crippen LogP contribution in [0, 0.1) is 6.92 Å². The van der Waals surface area contributed by atoms with Gasteiger partial charge in [-0.15, -0.1) is 11.3 Å². The molecule has 0 bridgehead atoms. The Morgan fingerprint density at radius 1 is 1.67 bits per heavy atom. The standard InChI is InChI=1S/C9H8ClNO2S2/c1-6-8(2-3-13-6)15(12)5-7-4-11-9(10)14-7/h2-4H,5H2,1H3/t15-/m1/s1. The van der Waals surface area contributed by atoms with Crippen LogP contribution < -0.4 is 0 Å². The summed E-state index contributed by atoms with van der Waals surface area (Å²) in [6.45, 7) is 1.80. The third-order valence-corrected chi connectivity index (χ3v) is 4.64. The van der Waals surface area contributed by atoms with Crippen molar-refractivity contribution >= 4 is 33.7 Å². The third kappa shape index (κ3) is 2.48. The van der Waals surface area contributed by atoms with E-state index >= 15 is 0 Å². The first-order valence-corrected chi connectivity index (χ1v) is 6.71. The highest BCUT2D eigenvalue weighted by Gasteiger charge is 2.12. The maximum atomic E-state index is 11.9. The molecule has 0 aliphatic carbocycles. The Balaban J connectivity index is 2.14. The summed E-state index contributed by atoms with van der Waals surface area (Å²) in [5, 5.41) is 0. The molecular formula is C9H8ClNO2S2. The summed E-state index contributed by atoms with van der Waals surface area (Å²) < 4.78 is 17.5. The fraction of sp³-hybridized carbons (Fsp3) is 0.222. The first-order valence-electron chi connectivity index (χ1n) is 4.19. The zero-order valence-electron chi connectivity index (χ0n) is 7.90. The van der Waals surface area contributed by atoms with Gasteiger partial charge in [0.15, 0.2) is 4.47 Å². The van der Waals surface area contributed by atoms with Crippen LogP contribution in [0.15, 0.2) is 27.8 Å². The maximum Gasteiger partial charge on any atom is 0.183 e. The van der Waals surface area contributed by atoms with Crippen LogP contribution in [-0.2, 0) is 16.6 Å². The van der Waals surface area contributed by atoms with E-state index in [0.29, 0.717) is 16.0 Å². The number of halogens is 1. The fourth-order valence-electron chi connectivity index (χ4n) is 1.17. The minimum absolute atomic E-state index is 0.435. The first-order chi connectivity index (χ1) is 7.16. The second kappa shape index (κ2) is 4.47. The van der Waals surface area contributed by atoms with Gasteiger partial charge in [-0.1, -0.05) is 11.6 Å². The topological polar surface area (TPSA) is 43.1 Å². The Morgan fingerprint density at radius 3 is 3.00 bits per heavy atom. The largest absolute Gasteiger partial charge is 0.468 e. The Kier molecular flexibility index (Phi) is 3.23. The molecule has 0 unspecified atom stereocenters. The van der Waals surface area contributed by atoms with Crippen molar-refractivity contribution in [2.45, 2.75) is 17.6 Å². The van der Waals surface area contributed by atoms with E-state index in [1.54, 1.807) is 25.5 Å². The fourth-order valence-corrected chi connectivity index (χ4v) is 3.56. The van der Waals surface area contributed by atoms with Crippen molar-refractivity contribution in [2.75, 3.05) is 0 Å². The number of thiazole rings is 1. The van der Waals surface area contributed by atoms with Gasteiger partial charge in [0, 0.05) is 11.1 Å². The SMILES string of the molecule is Cc1occc1[S@](=O)Cc1cnc(Cl)s1. The van der Waals surface area contributed by atoms with Crippen LogP contribution in [0.3, 0.4) is 0 Å². The van der Waals surface area contributed by atoms with Crippen molar-refractivity contribution in [1.82, 2.24) is 4.98 Å². The van der Waals surface area contributed by atoms with Gasteiger partial charge in [0.1, 0.15) is 5.76 Å². The number of nitrogens with zero attached hydrogens (tertiary/aromatic N) is 1. The summed E-state index contributed by atoms with van der Waals surface area (Å²) in [7, 11) is -1.08. The number of hydrogen-bond acceptors (Lipinski definition) is 4. The zero-order chi connectivity index (χ0) is 10.8. The number of aryl methyl sites for hydroxylation is 1. The summed E-state index contributed by atoms with van der Waals surface area (Å²) in [5.74, 6) is 1.13.